The lowest BCUT2D eigenvalue weighted by Crippen LogP contribution is -2.09. The summed E-state index contributed by atoms with van der Waals surface area (Å²) in [6.45, 7) is 0.213. The van der Waals surface area contributed by atoms with Crippen LogP contribution in [0.1, 0.15) is 5.56 Å². The predicted molar refractivity (Wildman–Crippen MR) is 74.4 cm³/mol. The van der Waals surface area contributed by atoms with E-state index in [2.05, 4.69) is 5.32 Å². The summed E-state index contributed by atoms with van der Waals surface area (Å²) in [6.07, 6.45) is 0. The van der Waals surface area contributed by atoms with Crippen molar-refractivity contribution >= 4 is 11.4 Å². The molecule has 0 bridgehead atoms. The number of benzene rings is 2. The molecular formula is C15H15F3N2. The van der Waals surface area contributed by atoms with Crippen molar-refractivity contribution in [1.82, 2.24) is 0 Å². The molecule has 0 radical (unpaired) electrons. The van der Waals surface area contributed by atoms with Crippen LogP contribution in [0.5, 0.6) is 0 Å². The fraction of sp³-hybridized carbons (Fsp3) is 0.200. The van der Waals surface area contributed by atoms with Gasteiger partial charge in [0.15, 0.2) is 17.5 Å². The van der Waals surface area contributed by atoms with E-state index in [1.807, 2.05) is 43.3 Å². The van der Waals surface area contributed by atoms with Crippen LogP contribution in [0.4, 0.5) is 24.5 Å². The van der Waals surface area contributed by atoms with Crippen LogP contribution < -0.4 is 10.2 Å². The maximum absolute atomic E-state index is 13.1. The average Bonchev–Trinajstić information content (AvgIpc) is 2.42. The molecule has 0 atom stereocenters. The van der Waals surface area contributed by atoms with Gasteiger partial charge in [0, 0.05) is 32.0 Å². The third kappa shape index (κ3) is 3.23. The third-order valence-electron chi connectivity index (χ3n) is 2.90. The van der Waals surface area contributed by atoms with Crippen molar-refractivity contribution < 1.29 is 13.2 Å². The van der Waals surface area contributed by atoms with Crippen molar-refractivity contribution in [2.75, 3.05) is 24.3 Å². The molecule has 2 aromatic carbocycles. The highest BCUT2D eigenvalue weighted by molar-refractivity contribution is 5.57. The molecule has 0 fully saturated rings. The summed E-state index contributed by atoms with van der Waals surface area (Å²) in [6, 6.07) is 9.56. The summed E-state index contributed by atoms with van der Waals surface area (Å²) >= 11 is 0. The van der Waals surface area contributed by atoms with Crippen LogP contribution in [0.2, 0.25) is 0 Å². The Morgan fingerprint density at radius 2 is 1.65 bits per heavy atom. The average molecular weight is 280 g/mol. The normalized spacial score (nSPS) is 10.4. The molecule has 20 heavy (non-hydrogen) atoms. The van der Waals surface area contributed by atoms with E-state index in [9.17, 15) is 13.2 Å². The minimum atomic E-state index is -1.44. The zero-order valence-corrected chi connectivity index (χ0v) is 11.3. The Labute approximate surface area is 115 Å². The zero-order chi connectivity index (χ0) is 14.7. The molecule has 106 valence electrons. The van der Waals surface area contributed by atoms with Gasteiger partial charge in [0.1, 0.15) is 0 Å². The second-order valence-electron chi connectivity index (χ2n) is 4.67. The number of nitrogens with one attached hydrogen (secondary N) is 1. The van der Waals surface area contributed by atoms with Gasteiger partial charge in [-0.05, 0) is 35.9 Å². The predicted octanol–water partition coefficient (Wildman–Crippen LogP) is 3.78. The lowest BCUT2D eigenvalue weighted by Gasteiger charge is -2.14. The van der Waals surface area contributed by atoms with E-state index in [1.54, 1.807) is 0 Å². The van der Waals surface area contributed by atoms with Gasteiger partial charge in [0.2, 0.25) is 0 Å². The van der Waals surface area contributed by atoms with E-state index in [1.165, 1.54) is 0 Å². The minimum Gasteiger partial charge on any atom is -0.381 e. The van der Waals surface area contributed by atoms with Crippen LogP contribution in [0, 0.1) is 17.5 Å². The maximum atomic E-state index is 13.1. The molecule has 0 amide bonds. The third-order valence-corrected chi connectivity index (χ3v) is 2.90. The van der Waals surface area contributed by atoms with Crippen LogP contribution in [-0.4, -0.2) is 14.1 Å². The molecule has 0 aromatic heterocycles. The molecule has 0 heterocycles. The summed E-state index contributed by atoms with van der Waals surface area (Å²) < 4.78 is 39.0. The molecule has 0 spiro atoms. The molecule has 0 aliphatic heterocycles. The standard InChI is InChI=1S/C15H15F3N2/c1-20(2)12-5-3-4-11(8-12)19-9-10-6-13(16)15(18)14(17)7-10/h3-8,19H,9H2,1-2H3. The zero-order valence-electron chi connectivity index (χ0n) is 11.3. The van der Waals surface area contributed by atoms with Crippen LogP contribution in [-0.2, 0) is 6.54 Å². The topological polar surface area (TPSA) is 15.3 Å². The molecule has 0 saturated carbocycles. The van der Waals surface area contributed by atoms with Gasteiger partial charge in [0.25, 0.3) is 0 Å². The highest BCUT2D eigenvalue weighted by Crippen LogP contribution is 2.19. The number of nitrogens with zero attached hydrogens (tertiary/aromatic N) is 1. The van der Waals surface area contributed by atoms with Gasteiger partial charge in [-0.25, -0.2) is 13.2 Å². The Hall–Kier alpha value is -2.17. The van der Waals surface area contributed by atoms with Crippen molar-refractivity contribution in [2.45, 2.75) is 6.54 Å². The van der Waals surface area contributed by atoms with Crippen molar-refractivity contribution in [2.24, 2.45) is 0 Å². The van der Waals surface area contributed by atoms with Gasteiger partial charge in [-0.3, -0.25) is 0 Å². The summed E-state index contributed by atoms with van der Waals surface area (Å²) in [5.41, 5.74) is 2.17. The van der Waals surface area contributed by atoms with Crippen LogP contribution in [0.15, 0.2) is 36.4 Å². The Morgan fingerprint density at radius 3 is 2.25 bits per heavy atom. The first-order valence-electron chi connectivity index (χ1n) is 6.12. The molecule has 5 heteroatoms. The second kappa shape index (κ2) is 5.86. The first kappa shape index (κ1) is 14.2. The number of anilines is 2. The van der Waals surface area contributed by atoms with Crippen molar-refractivity contribution in [3.05, 3.63) is 59.4 Å². The molecule has 1 N–H and O–H groups in total. The van der Waals surface area contributed by atoms with E-state index < -0.39 is 17.5 Å². The van der Waals surface area contributed by atoms with Crippen LogP contribution in [0.3, 0.4) is 0 Å². The van der Waals surface area contributed by atoms with Gasteiger partial charge in [0.05, 0.1) is 0 Å². The van der Waals surface area contributed by atoms with Gasteiger partial charge in [-0.2, -0.15) is 0 Å². The van der Waals surface area contributed by atoms with Gasteiger partial charge in [-0.1, -0.05) is 6.07 Å². The van der Waals surface area contributed by atoms with E-state index in [4.69, 9.17) is 0 Å². The summed E-state index contributed by atoms with van der Waals surface area (Å²) in [5.74, 6) is -3.80. The molecule has 0 saturated heterocycles. The number of hydrogen-bond donors (Lipinski definition) is 1. The van der Waals surface area contributed by atoms with Crippen molar-refractivity contribution in [3.8, 4) is 0 Å². The SMILES string of the molecule is CN(C)c1cccc(NCc2cc(F)c(F)c(F)c2)c1. The highest BCUT2D eigenvalue weighted by atomic mass is 19.2. The first-order valence-corrected chi connectivity index (χ1v) is 6.12. The summed E-state index contributed by atoms with van der Waals surface area (Å²) in [4.78, 5) is 1.95. The molecule has 0 unspecified atom stereocenters. The van der Waals surface area contributed by atoms with Crippen molar-refractivity contribution in [3.63, 3.8) is 0 Å². The summed E-state index contributed by atoms with van der Waals surface area (Å²) in [7, 11) is 3.84. The largest absolute Gasteiger partial charge is 0.381 e. The molecule has 2 nitrogen and oxygen atoms in total. The van der Waals surface area contributed by atoms with Gasteiger partial charge in [-0.15, -0.1) is 0 Å². The van der Waals surface area contributed by atoms with E-state index in [0.29, 0.717) is 5.56 Å². The number of halogens is 3. The Balaban J connectivity index is 2.11. The van der Waals surface area contributed by atoms with Crippen LogP contribution >= 0.6 is 0 Å². The van der Waals surface area contributed by atoms with Crippen molar-refractivity contribution in [1.29, 1.82) is 0 Å². The Morgan fingerprint density at radius 1 is 1.00 bits per heavy atom. The fourth-order valence-corrected chi connectivity index (χ4v) is 1.81. The van der Waals surface area contributed by atoms with Crippen LogP contribution in [0.25, 0.3) is 0 Å². The first-order chi connectivity index (χ1) is 9.47. The second-order valence-corrected chi connectivity index (χ2v) is 4.67. The monoisotopic (exact) mass is 280 g/mol. The molecule has 0 aliphatic carbocycles. The van der Waals surface area contributed by atoms with Gasteiger partial charge >= 0.3 is 0 Å². The van der Waals surface area contributed by atoms with Gasteiger partial charge < -0.3 is 10.2 Å². The van der Waals surface area contributed by atoms with E-state index in [-0.39, 0.29) is 6.54 Å². The molecular weight excluding hydrogens is 265 g/mol. The van der Waals surface area contributed by atoms with E-state index >= 15 is 0 Å². The lowest BCUT2D eigenvalue weighted by atomic mass is 10.2. The Bertz CT molecular complexity index is 589. The minimum absolute atomic E-state index is 0.213. The molecule has 0 aliphatic rings. The highest BCUT2D eigenvalue weighted by Gasteiger charge is 2.10. The molecule has 2 aromatic rings. The lowest BCUT2D eigenvalue weighted by molar-refractivity contribution is 0.445. The number of rotatable bonds is 4. The maximum Gasteiger partial charge on any atom is 0.194 e. The smallest absolute Gasteiger partial charge is 0.194 e. The Kier molecular flexibility index (Phi) is 4.17. The summed E-state index contributed by atoms with van der Waals surface area (Å²) in [5, 5.41) is 3.05. The van der Waals surface area contributed by atoms with E-state index in [0.717, 1.165) is 23.5 Å². The number of hydrogen-bond acceptors (Lipinski definition) is 2. The fourth-order valence-electron chi connectivity index (χ4n) is 1.81. The quantitative estimate of drug-likeness (QED) is 0.857. The molecule has 2 rings (SSSR count).